The highest BCUT2D eigenvalue weighted by atomic mass is 32.2. The number of rotatable bonds is 5. The van der Waals surface area contributed by atoms with Crippen molar-refractivity contribution in [3.8, 4) is 0 Å². The summed E-state index contributed by atoms with van der Waals surface area (Å²) in [6.45, 7) is 3.23. The van der Waals surface area contributed by atoms with E-state index in [2.05, 4.69) is 12.2 Å². The maximum Gasteiger partial charge on any atom is 0.0576 e. The Morgan fingerprint density at radius 1 is 1.10 bits per heavy atom. The van der Waals surface area contributed by atoms with E-state index in [9.17, 15) is 4.21 Å². The van der Waals surface area contributed by atoms with E-state index in [0.29, 0.717) is 6.04 Å². The van der Waals surface area contributed by atoms with Crippen LogP contribution in [0.1, 0.15) is 51.9 Å². The smallest absolute Gasteiger partial charge is 0.0576 e. The topological polar surface area (TPSA) is 29.1 Å². The number of hydrogen-bond acceptors (Lipinski definition) is 2. The van der Waals surface area contributed by atoms with Crippen LogP contribution in [0.2, 0.25) is 0 Å². The average Bonchev–Trinajstić information content (AvgIpc) is 2.47. The van der Waals surface area contributed by atoms with Gasteiger partial charge in [-0.3, -0.25) is 4.21 Å². The molecule has 0 bridgehead atoms. The van der Waals surface area contributed by atoms with Gasteiger partial charge in [-0.2, -0.15) is 0 Å². The Hall–Kier alpha value is -0.670. The molecular formula is C17H27NOS. The van der Waals surface area contributed by atoms with Gasteiger partial charge >= 0.3 is 0 Å². The van der Waals surface area contributed by atoms with Crippen molar-refractivity contribution in [2.24, 2.45) is 0 Å². The molecule has 1 saturated carbocycles. The third-order valence-corrected chi connectivity index (χ3v) is 5.96. The fourth-order valence-corrected chi connectivity index (χ4v) is 4.69. The monoisotopic (exact) mass is 293 g/mol. The van der Waals surface area contributed by atoms with Crippen LogP contribution in [-0.2, 0) is 10.8 Å². The number of nitrogens with one attached hydrogen (secondary N) is 1. The molecule has 1 N–H and O–H groups in total. The Balaban J connectivity index is 2.11. The summed E-state index contributed by atoms with van der Waals surface area (Å²) in [6.07, 6.45) is 8.50. The molecule has 1 aromatic carbocycles. The van der Waals surface area contributed by atoms with E-state index in [1.54, 1.807) is 0 Å². The molecule has 3 atom stereocenters. The van der Waals surface area contributed by atoms with Gasteiger partial charge in [-0.15, -0.1) is 0 Å². The zero-order valence-corrected chi connectivity index (χ0v) is 13.3. The van der Waals surface area contributed by atoms with Crippen molar-refractivity contribution >= 4 is 10.8 Å². The lowest BCUT2D eigenvalue weighted by molar-refractivity contribution is 0.395. The van der Waals surface area contributed by atoms with Crippen LogP contribution in [0.25, 0.3) is 0 Å². The Labute approximate surface area is 125 Å². The van der Waals surface area contributed by atoms with Gasteiger partial charge in [-0.25, -0.2) is 0 Å². The third kappa shape index (κ3) is 4.42. The molecule has 112 valence electrons. The van der Waals surface area contributed by atoms with E-state index in [0.717, 1.165) is 24.3 Å². The SMILES string of the molecule is CCCNC1CCCCCCC1S(=O)c1ccccc1. The van der Waals surface area contributed by atoms with Gasteiger partial charge in [0.15, 0.2) is 0 Å². The predicted molar refractivity (Wildman–Crippen MR) is 86.4 cm³/mol. The number of hydrogen-bond donors (Lipinski definition) is 1. The van der Waals surface area contributed by atoms with Crippen LogP contribution in [0.3, 0.4) is 0 Å². The molecule has 0 radical (unpaired) electrons. The summed E-state index contributed by atoms with van der Waals surface area (Å²) in [6, 6.07) is 10.4. The molecule has 0 amide bonds. The second kappa shape index (κ2) is 8.58. The summed E-state index contributed by atoms with van der Waals surface area (Å²) in [7, 11) is -0.885. The first-order chi connectivity index (χ1) is 9.83. The molecule has 0 aromatic heterocycles. The summed E-state index contributed by atoms with van der Waals surface area (Å²) in [4.78, 5) is 0.987. The fraction of sp³-hybridized carbons (Fsp3) is 0.647. The normalized spacial score (nSPS) is 25.6. The van der Waals surface area contributed by atoms with Crippen LogP contribution in [0.15, 0.2) is 35.2 Å². The molecule has 0 saturated heterocycles. The molecule has 1 aliphatic rings. The van der Waals surface area contributed by atoms with Gasteiger partial charge in [-0.05, 0) is 37.9 Å². The van der Waals surface area contributed by atoms with Crippen molar-refractivity contribution in [2.45, 2.75) is 68.1 Å². The Kier molecular flexibility index (Phi) is 6.74. The van der Waals surface area contributed by atoms with Crippen molar-refractivity contribution in [1.29, 1.82) is 0 Å². The van der Waals surface area contributed by atoms with Crippen LogP contribution < -0.4 is 5.32 Å². The summed E-state index contributed by atoms with van der Waals surface area (Å²) in [5.74, 6) is 0. The molecule has 1 aromatic rings. The molecule has 1 aliphatic carbocycles. The molecule has 0 aliphatic heterocycles. The van der Waals surface area contributed by atoms with Crippen LogP contribution >= 0.6 is 0 Å². The molecular weight excluding hydrogens is 266 g/mol. The molecule has 20 heavy (non-hydrogen) atoms. The quantitative estimate of drug-likeness (QED) is 0.892. The van der Waals surface area contributed by atoms with Gasteiger partial charge in [-0.1, -0.05) is 50.8 Å². The van der Waals surface area contributed by atoms with Crippen molar-refractivity contribution in [3.05, 3.63) is 30.3 Å². The fourth-order valence-electron chi connectivity index (χ4n) is 3.00. The zero-order chi connectivity index (χ0) is 14.2. The predicted octanol–water partition coefficient (Wildman–Crippen LogP) is 3.89. The van der Waals surface area contributed by atoms with Crippen molar-refractivity contribution in [1.82, 2.24) is 5.32 Å². The lowest BCUT2D eigenvalue weighted by atomic mass is 9.96. The standard InChI is InChI=1S/C17H27NOS/c1-2-14-18-16-12-8-3-4-9-13-17(16)20(19)15-10-6-5-7-11-15/h5-7,10-11,16-18H,2-4,8-9,12-14H2,1H3. The van der Waals surface area contributed by atoms with E-state index >= 15 is 0 Å². The van der Waals surface area contributed by atoms with Gasteiger partial charge in [0.1, 0.15) is 0 Å². The van der Waals surface area contributed by atoms with E-state index < -0.39 is 10.8 Å². The highest BCUT2D eigenvalue weighted by molar-refractivity contribution is 7.85. The minimum absolute atomic E-state index is 0.268. The summed E-state index contributed by atoms with van der Waals surface area (Å²) < 4.78 is 12.9. The molecule has 2 rings (SSSR count). The number of benzene rings is 1. The van der Waals surface area contributed by atoms with Crippen LogP contribution in [0.4, 0.5) is 0 Å². The molecule has 1 fully saturated rings. The average molecular weight is 293 g/mol. The molecule has 0 spiro atoms. The Bertz CT molecular complexity index is 405. The second-order valence-electron chi connectivity index (χ2n) is 5.70. The minimum atomic E-state index is -0.885. The maximum atomic E-state index is 12.9. The Morgan fingerprint density at radius 2 is 1.80 bits per heavy atom. The van der Waals surface area contributed by atoms with Gasteiger partial charge < -0.3 is 5.32 Å². The summed E-state index contributed by atoms with van der Waals surface area (Å²) in [5.41, 5.74) is 0. The van der Waals surface area contributed by atoms with Gasteiger partial charge in [0.05, 0.1) is 16.0 Å². The van der Waals surface area contributed by atoms with Crippen LogP contribution in [0, 0.1) is 0 Å². The van der Waals surface area contributed by atoms with Crippen molar-refractivity contribution in [3.63, 3.8) is 0 Å². The van der Waals surface area contributed by atoms with Gasteiger partial charge in [0.25, 0.3) is 0 Å². The maximum absolute atomic E-state index is 12.9. The Morgan fingerprint density at radius 3 is 2.50 bits per heavy atom. The largest absolute Gasteiger partial charge is 0.313 e. The first-order valence-corrected chi connectivity index (χ1v) is 9.23. The third-order valence-electron chi connectivity index (χ3n) is 4.11. The van der Waals surface area contributed by atoms with E-state index in [1.807, 2.05) is 30.3 Å². The van der Waals surface area contributed by atoms with Gasteiger partial charge in [0.2, 0.25) is 0 Å². The second-order valence-corrected chi connectivity index (χ2v) is 7.37. The molecule has 2 nitrogen and oxygen atoms in total. The van der Waals surface area contributed by atoms with E-state index in [4.69, 9.17) is 0 Å². The summed E-state index contributed by atoms with van der Waals surface area (Å²) in [5, 5.41) is 3.91. The lowest BCUT2D eigenvalue weighted by Crippen LogP contribution is -2.43. The highest BCUT2D eigenvalue weighted by Crippen LogP contribution is 2.25. The van der Waals surface area contributed by atoms with Crippen LogP contribution in [-0.4, -0.2) is 22.0 Å². The summed E-state index contributed by atoms with van der Waals surface area (Å²) >= 11 is 0. The van der Waals surface area contributed by atoms with Crippen molar-refractivity contribution < 1.29 is 4.21 Å². The first kappa shape index (κ1) is 15.7. The minimum Gasteiger partial charge on any atom is -0.313 e. The van der Waals surface area contributed by atoms with Crippen LogP contribution in [0.5, 0.6) is 0 Å². The van der Waals surface area contributed by atoms with Crippen molar-refractivity contribution in [2.75, 3.05) is 6.54 Å². The highest BCUT2D eigenvalue weighted by Gasteiger charge is 2.28. The molecule has 0 heterocycles. The molecule has 3 unspecified atom stereocenters. The lowest BCUT2D eigenvalue weighted by Gasteiger charge is -2.29. The van der Waals surface area contributed by atoms with E-state index in [-0.39, 0.29) is 5.25 Å². The molecule has 3 heteroatoms. The first-order valence-electron chi connectivity index (χ1n) is 8.02. The van der Waals surface area contributed by atoms with E-state index in [1.165, 1.54) is 32.1 Å². The van der Waals surface area contributed by atoms with Gasteiger partial charge in [0, 0.05) is 10.9 Å². The zero-order valence-electron chi connectivity index (χ0n) is 12.5.